The number of sulfone groups is 1. The molecule has 2 aromatic carbocycles. The Morgan fingerprint density at radius 1 is 1.05 bits per heavy atom. The normalized spacial score (nSPS) is 11.1. The lowest BCUT2D eigenvalue weighted by Gasteiger charge is -2.06. The van der Waals surface area contributed by atoms with Crippen molar-refractivity contribution in [2.45, 2.75) is 11.3 Å². The molecule has 0 fully saturated rings. The number of hydrogen-bond acceptors (Lipinski definition) is 3. The van der Waals surface area contributed by atoms with Crippen LogP contribution in [-0.2, 0) is 14.6 Å². The fourth-order valence-electron chi connectivity index (χ4n) is 1.75. The van der Waals surface area contributed by atoms with Crippen molar-refractivity contribution in [3.05, 3.63) is 59.6 Å². The van der Waals surface area contributed by atoms with Crippen LogP contribution in [0.2, 0.25) is 5.02 Å². The van der Waals surface area contributed by atoms with Gasteiger partial charge in [0.05, 0.1) is 10.6 Å². The van der Waals surface area contributed by atoms with Crippen LogP contribution in [-0.4, -0.2) is 20.1 Å². The zero-order valence-corrected chi connectivity index (χ0v) is 12.7. The molecule has 4 nitrogen and oxygen atoms in total. The maximum absolute atomic E-state index is 12.1. The summed E-state index contributed by atoms with van der Waals surface area (Å²) in [4.78, 5) is 11.9. The van der Waals surface area contributed by atoms with E-state index in [-0.39, 0.29) is 23.0 Å². The van der Waals surface area contributed by atoms with Gasteiger partial charge >= 0.3 is 0 Å². The third kappa shape index (κ3) is 4.58. The highest BCUT2D eigenvalue weighted by Gasteiger charge is 2.16. The molecule has 0 aromatic heterocycles. The van der Waals surface area contributed by atoms with Crippen molar-refractivity contribution in [3.8, 4) is 0 Å². The molecule has 0 aliphatic carbocycles. The standard InChI is InChI=1S/C15H14ClNO3S/c16-12-5-4-8-14(11-12)21(19,20)10-9-15(18)17-13-6-2-1-3-7-13/h1-8,11H,9-10H2,(H,17,18). The van der Waals surface area contributed by atoms with Gasteiger partial charge in [-0.25, -0.2) is 8.42 Å². The van der Waals surface area contributed by atoms with Crippen LogP contribution in [0.25, 0.3) is 0 Å². The van der Waals surface area contributed by atoms with E-state index in [1.54, 1.807) is 36.4 Å². The van der Waals surface area contributed by atoms with Gasteiger partial charge in [-0.3, -0.25) is 4.79 Å². The maximum atomic E-state index is 12.1. The highest BCUT2D eigenvalue weighted by molar-refractivity contribution is 7.91. The van der Waals surface area contributed by atoms with Crippen molar-refractivity contribution in [1.29, 1.82) is 0 Å². The van der Waals surface area contributed by atoms with Crippen LogP contribution < -0.4 is 5.32 Å². The molecule has 1 N–H and O–H groups in total. The maximum Gasteiger partial charge on any atom is 0.225 e. The smallest absolute Gasteiger partial charge is 0.225 e. The molecule has 0 heterocycles. The van der Waals surface area contributed by atoms with Gasteiger partial charge in [-0.15, -0.1) is 0 Å². The van der Waals surface area contributed by atoms with Crippen molar-refractivity contribution in [3.63, 3.8) is 0 Å². The molecular formula is C15H14ClNO3S. The van der Waals surface area contributed by atoms with Crippen LogP contribution in [0.15, 0.2) is 59.5 Å². The molecule has 0 aliphatic rings. The van der Waals surface area contributed by atoms with E-state index in [2.05, 4.69) is 5.32 Å². The molecule has 0 atom stereocenters. The molecule has 0 unspecified atom stereocenters. The highest BCUT2D eigenvalue weighted by atomic mass is 35.5. The Morgan fingerprint density at radius 2 is 1.76 bits per heavy atom. The molecule has 0 spiro atoms. The number of rotatable bonds is 5. The summed E-state index contributed by atoms with van der Waals surface area (Å²) in [7, 11) is -3.52. The molecule has 110 valence electrons. The largest absolute Gasteiger partial charge is 0.326 e. The fourth-order valence-corrected chi connectivity index (χ4v) is 3.29. The first-order chi connectivity index (χ1) is 9.97. The van der Waals surface area contributed by atoms with E-state index in [0.717, 1.165) is 0 Å². The van der Waals surface area contributed by atoms with E-state index in [4.69, 9.17) is 11.6 Å². The molecule has 0 radical (unpaired) electrons. The Balaban J connectivity index is 1.97. The van der Waals surface area contributed by atoms with Gasteiger partial charge in [0.2, 0.25) is 5.91 Å². The summed E-state index contributed by atoms with van der Waals surface area (Å²) < 4.78 is 24.2. The number of nitrogens with one attached hydrogen (secondary N) is 1. The number of amides is 1. The van der Waals surface area contributed by atoms with Gasteiger partial charge in [-0.05, 0) is 30.3 Å². The van der Waals surface area contributed by atoms with Crippen LogP contribution in [0.4, 0.5) is 5.69 Å². The second-order valence-corrected chi connectivity index (χ2v) is 6.99. The summed E-state index contributed by atoms with van der Waals surface area (Å²) in [6, 6.07) is 14.9. The fraction of sp³-hybridized carbons (Fsp3) is 0.133. The number of anilines is 1. The lowest BCUT2D eigenvalue weighted by molar-refractivity contribution is -0.115. The predicted octanol–water partition coefficient (Wildman–Crippen LogP) is 3.14. The van der Waals surface area contributed by atoms with Crippen LogP contribution in [0.1, 0.15) is 6.42 Å². The Labute approximate surface area is 128 Å². The summed E-state index contributed by atoms with van der Waals surface area (Å²) in [6.45, 7) is 0. The molecule has 6 heteroatoms. The summed E-state index contributed by atoms with van der Waals surface area (Å²) in [5.74, 6) is -0.599. The molecule has 2 aromatic rings. The van der Waals surface area contributed by atoms with Crippen LogP contribution in [0.5, 0.6) is 0 Å². The first-order valence-electron chi connectivity index (χ1n) is 6.30. The third-order valence-corrected chi connectivity index (χ3v) is 4.76. The van der Waals surface area contributed by atoms with Crippen LogP contribution >= 0.6 is 11.6 Å². The molecule has 0 aliphatic heterocycles. The first-order valence-corrected chi connectivity index (χ1v) is 8.34. The van der Waals surface area contributed by atoms with Gasteiger partial charge in [0.1, 0.15) is 0 Å². The van der Waals surface area contributed by atoms with Crippen LogP contribution in [0.3, 0.4) is 0 Å². The second-order valence-electron chi connectivity index (χ2n) is 4.44. The lowest BCUT2D eigenvalue weighted by Crippen LogP contribution is -2.17. The topological polar surface area (TPSA) is 63.2 Å². The first kappa shape index (κ1) is 15.5. The van der Waals surface area contributed by atoms with Gasteiger partial charge < -0.3 is 5.32 Å². The average molecular weight is 324 g/mol. The molecular weight excluding hydrogens is 310 g/mol. The van der Waals surface area contributed by atoms with Crippen molar-refractivity contribution in [1.82, 2.24) is 0 Å². The molecule has 1 amide bonds. The van der Waals surface area contributed by atoms with E-state index >= 15 is 0 Å². The zero-order chi connectivity index (χ0) is 15.3. The number of carbonyl (C=O) groups excluding carboxylic acids is 1. The molecule has 0 saturated carbocycles. The summed E-state index contributed by atoms with van der Waals surface area (Å²) in [5.41, 5.74) is 0.641. The summed E-state index contributed by atoms with van der Waals surface area (Å²) >= 11 is 5.78. The third-order valence-electron chi connectivity index (χ3n) is 2.81. The van der Waals surface area contributed by atoms with E-state index in [9.17, 15) is 13.2 Å². The monoisotopic (exact) mass is 323 g/mol. The van der Waals surface area contributed by atoms with Gasteiger partial charge in [0.15, 0.2) is 9.84 Å². The minimum absolute atomic E-state index is 0.107. The minimum atomic E-state index is -3.52. The van der Waals surface area contributed by atoms with Crippen molar-refractivity contribution in [2.24, 2.45) is 0 Å². The minimum Gasteiger partial charge on any atom is -0.326 e. The zero-order valence-electron chi connectivity index (χ0n) is 11.1. The van der Waals surface area contributed by atoms with Gasteiger partial charge in [0, 0.05) is 17.1 Å². The van der Waals surface area contributed by atoms with Gasteiger partial charge in [-0.1, -0.05) is 35.9 Å². The molecule has 2 rings (SSSR count). The van der Waals surface area contributed by atoms with E-state index < -0.39 is 9.84 Å². The van der Waals surface area contributed by atoms with Gasteiger partial charge in [-0.2, -0.15) is 0 Å². The second kappa shape index (κ2) is 6.74. The average Bonchev–Trinajstić information content (AvgIpc) is 2.46. The molecule has 0 bridgehead atoms. The Kier molecular flexibility index (Phi) is 4.98. The summed E-state index contributed by atoms with van der Waals surface area (Å²) in [5, 5.41) is 3.00. The number of carbonyl (C=O) groups is 1. The molecule has 21 heavy (non-hydrogen) atoms. The summed E-state index contributed by atoms with van der Waals surface area (Å²) in [6.07, 6.45) is -0.107. The number of hydrogen-bond donors (Lipinski definition) is 1. The van der Waals surface area contributed by atoms with Crippen molar-refractivity contribution < 1.29 is 13.2 Å². The number of halogens is 1. The Bertz CT molecular complexity index is 730. The van der Waals surface area contributed by atoms with Gasteiger partial charge in [0.25, 0.3) is 0 Å². The van der Waals surface area contributed by atoms with E-state index in [1.165, 1.54) is 12.1 Å². The number of para-hydroxylation sites is 1. The number of benzene rings is 2. The van der Waals surface area contributed by atoms with Crippen molar-refractivity contribution in [2.75, 3.05) is 11.1 Å². The SMILES string of the molecule is O=C(CCS(=O)(=O)c1cccc(Cl)c1)Nc1ccccc1. The van der Waals surface area contributed by atoms with E-state index in [0.29, 0.717) is 10.7 Å². The van der Waals surface area contributed by atoms with Crippen LogP contribution in [0, 0.1) is 0 Å². The Morgan fingerprint density at radius 3 is 2.43 bits per heavy atom. The quantitative estimate of drug-likeness (QED) is 0.919. The molecule has 0 saturated heterocycles. The van der Waals surface area contributed by atoms with E-state index in [1.807, 2.05) is 6.07 Å². The Hall–Kier alpha value is -1.85. The highest BCUT2D eigenvalue weighted by Crippen LogP contribution is 2.17. The predicted molar refractivity (Wildman–Crippen MR) is 83.2 cm³/mol. The van der Waals surface area contributed by atoms with Crippen molar-refractivity contribution >= 4 is 33.0 Å². The lowest BCUT2D eigenvalue weighted by atomic mass is 10.3.